The molecule has 0 saturated carbocycles. The molecule has 40 heavy (non-hydrogen) atoms. The first-order valence-corrected chi connectivity index (χ1v) is 16.8. The number of aliphatic hydroxyl groups excluding tert-OH is 1. The van der Waals surface area contributed by atoms with Crippen LogP contribution in [0.1, 0.15) is 75.0 Å². The molecule has 8 nitrogen and oxygen atoms in total. The minimum atomic E-state index is -2.92. The third kappa shape index (κ3) is 10.7. The molecule has 2 aromatic rings. The summed E-state index contributed by atoms with van der Waals surface area (Å²) < 4.78 is 23.0. The number of benzene rings is 1. The lowest BCUT2D eigenvalue weighted by Gasteiger charge is -2.47. The number of halogens is 1. The van der Waals surface area contributed by atoms with Gasteiger partial charge in [0, 0.05) is 48.2 Å². The largest absolute Gasteiger partial charge is 0.390 e. The zero-order valence-electron chi connectivity index (χ0n) is 24.3. The van der Waals surface area contributed by atoms with Gasteiger partial charge < -0.3 is 21.1 Å². The van der Waals surface area contributed by atoms with E-state index in [-0.39, 0.29) is 24.4 Å². The summed E-state index contributed by atoms with van der Waals surface area (Å²) in [6.45, 7) is 10.2. The Morgan fingerprint density at radius 2 is 1.93 bits per heavy atom. The molecule has 1 unspecified atom stereocenters. The molecule has 0 spiro atoms. The lowest BCUT2D eigenvalue weighted by Crippen LogP contribution is -2.49. The fourth-order valence-corrected chi connectivity index (χ4v) is 7.32. The van der Waals surface area contributed by atoms with E-state index in [2.05, 4.69) is 36.7 Å². The molecule has 1 aliphatic heterocycles. The summed E-state index contributed by atoms with van der Waals surface area (Å²) in [7, 11) is -2.92. The van der Waals surface area contributed by atoms with Crippen LogP contribution in [0, 0.1) is 5.92 Å². The number of hydrogen-bond donors (Lipinski definition) is 6. The van der Waals surface area contributed by atoms with E-state index in [0.29, 0.717) is 49.0 Å². The van der Waals surface area contributed by atoms with Gasteiger partial charge in [-0.1, -0.05) is 32.8 Å². The van der Waals surface area contributed by atoms with Crippen LogP contribution < -0.4 is 20.3 Å². The number of nitrogens with one attached hydrogen (secondary N) is 3. The molecule has 3 rings (SSSR count). The van der Waals surface area contributed by atoms with Crippen LogP contribution >= 0.6 is 34.5 Å². The molecule has 0 bridgehead atoms. The minimum Gasteiger partial charge on any atom is -0.390 e. The molecule has 1 amide bonds. The van der Waals surface area contributed by atoms with Gasteiger partial charge in [-0.05, 0) is 68.7 Å². The molecule has 1 aliphatic rings. The van der Waals surface area contributed by atoms with Gasteiger partial charge in [0.1, 0.15) is 0 Å². The fraction of sp³-hybridized carbons (Fsp3) is 0.621. The van der Waals surface area contributed by atoms with Gasteiger partial charge in [-0.3, -0.25) is 18.2 Å². The first-order valence-electron chi connectivity index (χ1n) is 14.3. The summed E-state index contributed by atoms with van der Waals surface area (Å²) in [4.78, 5) is 14.7. The number of carbonyl (C=O) groups is 1. The highest BCUT2D eigenvalue weighted by Gasteiger charge is 2.29. The van der Waals surface area contributed by atoms with Crippen molar-refractivity contribution in [1.82, 2.24) is 10.6 Å². The van der Waals surface area contributed by atoms with Crippen LogP contribution in [0.4, 0.5) is 11.4 Å². The number of rotatable bonds is 15. The minimum absolute atomic E-state index is 0. The maximum absolute atomic E-state index is 13.6. The van der Waals surface area contributed by atoms with E-state index in [1.165, 1.54) is 6.42 Å². The number of aliphatic hydroxyl groups is 1. The predicted molar refractivity (Wildman–Crippen MR) is 174 cm³/mol. The maximum atomic E-state index is 13.6. The van der Waals surface area contributed by atoms with Crippen LogP contribution in [0.25, 0.3) is 0 Å². The molecule has 3 atom stereocenters. The second-order valence-electron chi connectivity index (χ2n) is 11.0. The zero-order chi connectivity index (χ0) is 28.4. The van der Waals surface area contributed by atoms with Gasteiger partial charge in [-0.15, -0.1) is 34.5 Å². The van der Waals surface area contributed by atoms with Crippen molar-refractivity contribution >= 4 is 51.8 Å². The first kappa shape index (κ1) is 34.7. The second-order valence-corrected chi connectivity index (χ2v) is 14.2. The van der Waals surface area contributed by atoms with Gasteiger partial charge in [-0.2, -0.15) is 0 Å². The van der Waals surface area contributed by atoms with E-state index in [9.17, 15) is 19.0 Å². The van der Waals surface area contributed by atoms with E-state index >= 15 is 0 Å². The topological polar surface area (TPSA) is 117 Å². The van der Waals surface area contributed by atoms with Crippen molar-refractivity contribution in [3.05, 3.63) is 46.2 Å². The Hall–Kier alpha value is -1.53. The van der Waals surface area contributed by atoms with Crippen LogP contribution in [0.3, 0.4) is 0 Å². The quantitative estimate of drug-likeness (QED) is 0.138. The highest BCUT2D eigenvalue weighted by Crippen LogP contribution is 2.50. The van der Waals surface area contributed by atoms with Crippen molar-refractivity contribution in [2.45, 2.75) is 84.4 Å². The molecule has 2 heterocycles. The van der Waals surface area contributed by atoms with E-state index in [4.69, 9.17) is 0 Å². The van der Waals surface area contributed by atoms with Crippen molar-refractivity contribution in [2.24, 2.45) is 5.92 Å². The van der Waals surface area contributed by atoms with E-state index in [1.807, 2.05) is 30.5 Å². The summed E-state index contributed by atoms with van der Waals surface area (Å²) in [6, 6.07) is 9.16. The Bertz CT molecular complexity index is 1030. The summed E-state index contributed by atoms with van der Waals surface area (Å²) in [5, 5.41) is 23.0. The Morgan fingerprint density at radius 1 is 1.15 bits per heavy atom. The molecule has 1 aromatic heterocycles. The average Bonchev–Trinajstić information content (AvgIpc) is 3.39. The van der Waals surface area contributed by atoms with Gasteiger partial charge >= 0.3 is 0 Å². The molecule has 1 fully saturated rings. The van der Waals surface area contributed by atoms with Crippen molar-refractivity contribution < 1.29 is 19.0 Å². The number of anilines is 2. The molecular weight excluding hydrogens is 568 g/mol. The first-order chi connectivity index (χ1) is 18.6. The fourth-order valence-electron chi connectivity index (χ4n) is 4.88. The number of thiophene rings is 1. The van der Waals surface area contributed by atoms with Crippen molar-refractivity contribution in [3.8, 4) is 0 Å². The van der Waals surface area contributed by atoms with E-state index in [1.54, 1.807) is 27.8 Å². The molecule has 6 N–H and O–H groups in total. The number of hydrogen-bond acceptors (Lipinski definition) is 8. The van der Waals surface area contributed by atoms with Crippen molar-refractivity contribution in [2.75, 3.05) is 35.0 Å². The van der Waals surface area contributed by atoms with Gasteiger partial charge in [0.05, 0.1) is 23.6 Å². The molecule has 0 radical (unpaired) electrons. The van der Waals surface area contributed by atoms with Gasteiger partial charge in [0.2, 0.25) is 0 Å². The van der Waals surface area contributed by atoms with Gasteiger partial charge in [0.15, 0.2) is 0 Å². The van der Waals surface area contributed by atoms with Gasteiger partial charge in [0.25, 0.3) is 5.91 Å². The molecule has 0 aliphatic carbocycles. The van der Waals surface area contributed by atoms with E-state index < -0.39 is 22.9 Å². The third-order valence-electron chi connectivity index (χ3n) is 7.11. The number of nitrogens with zero attached hydrogens (tertiary/aromatic N) is 1. The Kier molecular flexibility index (Phi) is 14.6. The average molecular weight is 617 g/mol. The van der Waals surface area contributed by atoms with Crippen LogP contribution in [-0.4, -0.2) is 63.7 Å². The molecule has 228 valence electrons. The predicted octanol–water partition coefficient (Wildman–Crippen LogP) is 6.37. The number of amides is 1. The lowest BCUT2D eigenvalue weighted by atomic mass is 10.0. The van der Waals surface area contributed by atoms with Crippen LogP contribution in [0.2, 0.25) is 0 Å². The highest BCUT2D eigenvalue weighted by atomic mass is 35.5. The summed E-state index contributed by atoms with van der Waals surface area (Å²) >= 11 is 1.61. The summed E-state index contributed by atoms with van der Waals surface area (Å²) in [6.07, 6.45) is 4.76. The van der Waals surface area contributed by atoms with Gasteiger partial charge in [-0.25, -0.2) is 0 Å². The highest BCUT2D eigenvalue weighted by molar-refractivity contribution is 8.25. The zero-order valence-corrected chi connectivity index (χ0v) is 26.7. The molecule has 11 heteroatoms. The Labute approximate surface area is 252 Å². The SMILES string of the molecule is CCNc1cc(C(=O)N[C@@H](Cc2cccs2)[C@@H](O)CNC(C)CCCC(C)C)cc(N2CCCCS2(O)O)c1.Cl. The summed E-state index contributed by atoms with van der Waals surface area (Å²) in [5.74, 6) is 0.718. The molecular formula is C29H49ClN4O4S2. The standard InChI is InChI=1S/C29H48N4O4S2.ClH/c1-5-30-24-16-23(17-25(18-24)33-13-6-7-15-39(33,36)37)29(35)32-27(19-26-12-9-14-38-26)28(34)20-31-22(4)11-8-10-21(2)3;/h9,12,14,16-18,21-22,27-28,30-31,34,36-37H,5-8,10-11,13,15,19-20H2,1-4H3,(H,32,35);1H/t22?,27-,28-;/m0./s1. The van der Waals surface area contributed by atoms with E-state index in [0.717, 1.165) is 36.2 Å². The summed E-state index contributed by atoms with van der Waals surface area (Å²) in [5.41, 5.74) is 1.78. The molecule has 1 aromatic carbocycles. The third-order valence-corrected chi connectivity index (χ3v) is 9.94. The Morgan fingerprint density at radius 3 is 2.58 bits per heavy atom. The van der Waals surface area contributed by atoms with Crippen molar-refractivity contribution in [1.29, 1.82) is 0 Å². The Balaban J connectivity index is 0.00000560. The monoisotopic (exact) mass is 616 g/mol. The van der Waals surface area contributed by atoms with Crippen LogP contribution in [-0.2, 0) is 6.42 Å². The normalized spacial score (nSPS) is 17.9. The van der Waals surface area contributed by atoms with Crippen LogP contribution in [0.5, 0.6) is 0 Å². The molecule has 1 saturated heterocycles. The second kappa shape index (κ2) is 16.8. The number of carbonyl (C=O) groups excluding carboxylic acids is 1. The van der Waals surface area contributed by atoms with Crippen LogP contribution in [0.15, 0.2) is 35.7 Å². The maximum Gasteiger partial charge on any atom is 0.251 e. The van der Waals surface area contributed by atoms with Crippen molar-refractivity contribution in [3.63, 3.8) is 0 Å². The smallest absolute Gasteiger partial charge is 0.251 e. The lowest BCUT2D eigenvalue weighted by molar-refractivity contribution is 0.0826.